The van der Waals surface area contributed by atoms with Gasteiger partial charge in [0, 0.05) is 23.1 Å². The van der Waals surface area contributed by atoms with E-state index in [0.717, 1.165) is 5.69 Å². The van der Waals surface area contributed by atoms with Gasteiger partial charge in [-0.3, -0.25) is 5.41 Å². The van der Waals surface area contributed by atoms with E-state index in [1.54, 1.807) is 55.8 Å². The number of benzene rings is 2. The van der Waals surface area contributed by atoms with Crippen LogP contribution in [0.2, 0.25) is 0 Å². The SMILES string of the molecule is COc1cccc(NC(=O)Nc2ccc(N3CNc4occc4C3=N)cc2)c1. The van der Waals surface area contributed by atoms with Crippen molar-refractivity contribution in [2.24, 2.45) is 0 Å². The van der Waals surface area contributed by atoms with Crippen LogP contribution in [0.5, 0.6) is 5.75 Å². The molecule has 2 amide bonds. The highest BCUT2D eigenvalue weighted by atomic mass is 16.5. The van der Waals surface area contributed by atoms with Crippen LogP contribution in [0.25, 0.3) is 0 Å². The summed E-state index contributed by atoms with van der Waals surface area (Å²) in [5.41, 5.74) is 2.83. The Labute approximate surface area is 161 Å². The monoisotopic (exact) mass is 377 g/mol. The van der Waals surface area contributed by atoms with Crippen molar-refractivity contribution in [3.8, 4) is 5.75 Å². The summed E-state index contributed by atoms with van der Waals surface area (Å²) < 4.78 is 10.4. The first kappa shape index (κ1) is 17.5. The minimum Gasteiger partial charge on any atom is -0.497 e. The first-order chi connectivity index (χ1) is 13.6. The van der Waals surface area contributed by atoms with Gasteiger partial charge in [-0.1, -0.05) is 6.07 Å². The molecular formula is C20H19N5O3. The van der Waals surface area contributed by atoms with Crippen LogP contribution in [0.1, 0.15) is 5.56 Å². The number of nitrogens with zero attached hydrogens (tertiary/aromatic N) is 1. The zero-order valence-corrected chi connectivity index (χ0v) is 15.2. The van der Waals surface area contributed by atoms with Gasteiger partial charge in [0.05, 0.1) is 25.6 Å². The maximum atomic E-state index is 12.2. The Hall–Kier alpha value is -3.94. The van der Waals surface area contributed by atoms with Crippen LogP contribution >= 0.6 is 0 Å². The number of carbonyl (C=O) groups excluding carboxylic acids is 1. The molecule has 0 unspecified atom stereocenters. The summed E-state index contributed by atoms with van der Waals surface area (Å²) in [5, 5.41) is 17.0. The number of anilines is 4. The van der Waals surface area contributed by atoms with Gasteiger partial charge < -0.3 is 30.0 Å². The topological polar surface area (TPSA) is 103 Å². The van der Waals surface area contributed by atoms with E-state index >= 15 is 0 Å². The maximum Gasteiger partial charge on any atom is 0.323 e. The zero-order chi connectivity index (χ0) is 19.5. The van der Waals surface area contributed by atoms with E-state index in [9.17, 15) is 4.79 Å². The molecule has 8 heteroatoms. The lowest BCUT2D eigenvalue weighted by atomic mass is 10.2. The van der Waals surface area contributed by atoms with Gasteiger partial charge in [-0.25, -0.2) is 4.79 Å². The smallest absolute Gasteiger partial charge is 0.323 e. The van der Waals surface area contributed by atoms with Crippen molar-refractivity contribution >= 4 is 34.8 Å². The fourth-order valence-corrected chi connectivity index (χ4v) is 2.95. The predicted molar refractivity (Wildman–Crippen MR) is 109 cm³/mol. The molecule has 1 aliphatic rings. The highest BCUT2D eigenvalue weighted by Gasteiger charge is 2.24. The van der Waals surface area contributed by atoms with Gasteiger partial charge in [0.1, 0.15) is 11.6 Å². The van der Waals surface area contributed by atoms with E-state index in [2.05, 4.69) is 16.0 Å². The van der Waals surface area contributed by atoms with Crippen LogP contribution in [0.4, 0.5) is 27.7 Å². The van der Waals surface area contributed by atoms with E-state index < -0.39 is 0 Å². The molecule has 0 spiro atoms. The molecule has 0 saturated carbocycles. The Balaban J connectivity index is 1.41. The molecule has 0 atom stereocenters. The number of methoxy groups -OCH3 is 1. The molecule has 0 fully saturated rings. The summed E-state index contributed by atoms with van der Waals surface area (Å²) in [7, 11) is 1.58. The molecule has 8 nitrogen and oxygen atoms in total. The van der Waals surface area contributed by atoms with Crippen molar-refractivity contribution in [1.29, 1.82) is 5.41 Å². The Kier molecular flexibility index (Phi) is 4.59. The lowest BCUT2D eigenvalue weighted by Crippen LogP contribution is -2.39. The number of amides is 2. The van der Waals surface area contributed by atoms with E-state index in [-0.39, 0.29) is 6.03 Å². The second kappa shape index (κ2) is 7.36. The zero-order valence-electron chi connectivity index (χ0n) is 15.2. The van der Waals surface area contributed by atoms with E-state index in [0.29, 0.717) is 41.1 Å². The van der Waals surface area contributed by atoms with Crippen molar-refractivity contribution in [3.05, 3.63) is 66.4 Å². The fraction of sp³-hybridized carbons (Fsp3) is 0.100. The summed E-state index contributed by atoms with van der Waals surface area (Å²) >= 11 is 0. The van der Waals surface area contributed by atoms with Crippen molar-refractivity contribution in [2.75, 3.05) is 34.6 Å². The van der Waals surface area contributed by atoms with Crippen LogP contribution < -0.4 is 25.6 Å². The highest BCUT2D eigenvalue weighted by molar-refractivity contribution is 6.12. The van der Waals surface area contributed by atoms with Gasteiger partial charge in [-0.2, -0.15) is 0 Å². The lowest BCUT2D eigenvalue weighted by molar-refractivity contribution is 0.262. The molecule has 28 heavy (non-hydrogen) atoms. The molecule has 0 bridgehead atoms. The summed E-state index contributed by atoms with van der Waals surface area (Å²) in [6.45, 7) is 0.433. The van der Waals surface area contributed by atoms with Crippen LogP contribution in [-0.4, -0.2) is 25.6 Å². The minimum absolute atomic E-state index is 0.351. The van der Waals surface area contributed by atoms with Crippen molar-refractivity contribution in [3.63, 3.8) is 0 Å². The predicted octanol–water partition coefficient (Wildman–Crippen LogP) is 4.15. The number of carbonyl (C=O) groups is 1. The first-order valence-electron chi connectivity index (χ1n) is 8.64. The number of urea groups is 1. The summed E-state index contributed by atoms with van der Waals surface area (Å²) in [4.78, 5) is 14.0. The highest BCUT2D eigenvalue weighted by Crippen LogP contribution is 2.27. The minimum atomic E-state index is -0.351. The molecular weight excluding hydrogens is 358 g/mol. The average Bonchev–Trinajstić information content (AvgIpc) is 3.19. The first-order valence-corrected chi connectivity index (χ1v) is 8.64. The molecule has 0 radical (unpaired) electrons. The van der Waals surface area contributed by atoms with Gasteiger partial charge in [0.25, 0.3) is 0 Å². The number of ether oxygens (including phenoxy) is 1. The molecule has 4 rings (SSSR count). The third-order valence-corrected chi connectivity index (χ3v) is 4.35. The van der Waals surface area contributed by atoms with Gasteiger partial charge in [-0.05, 0) is 42.5 Å². The molecule has 4 N–H and O–H groups in total. The Morgan fingerprint density at radius 3 is 2.71 bits per heavy atom. The molecule has 2 aromatic carbocycles. The fourth-order valence-electron chi connectivity index (χ4n) is 2.95. The molecule has 3 aromatic rings. The molecule has 142 valence electrons. The van der Waals surface area contributed by atoms with Gasteiger partial charge in [0.2, 0.25) is 5.88 Å². The van der Waals surface area contributed by atoms with E-state index in [4.69, 9.17) is 14.6 Å². The number of furan rings is 1. The Morgan fingerprint density at radius 2 is 1.93 bits per heavy atom. The van der Waals surface area contributed by atoms with Crippen LogP contribution in [0.15, 0.2) is 65.3 Å². The molecule has 2 heterocycles. The number of hydrogen-bond donors (Lipinski definition) is 4. The standard InChI is InChI=1S/C20H19N5O3/c1-27-16-4-2-3-14(11-16)24-20(26)23-13-5-7-15(8-6-13)25-12-22-19-17(18(25)21)9-10-28-19/h2-11,21-22H,12H2,1H3,(H2,23,24,26). The molecule has 1 aromatic heterocycles. The number of hydrogen-bond acceptors (Lipinski definition) is 5. The van der Waals surface area contributed by atoms with E-state index in [1.807, 2.05) is 17.0 Å². The number of rotatable bonds is 4. The third-order valence-electron chi connectivity index (χ3n) is 4.35. The Morgan fingerprint density at radius 1 is 1.14 bits per heavy atom. The molecule has 0 saturated heterocycles. The number of fused-ring (bicyclic) bond motifs is 1. The average molecular weight is 377 g/mol. The van der Waals surface area contributed by atoms with Crippen LogP contribution in [0.3, 0.4) is 0 Å². The van der Waals surface area contributed by atoms with Crippen molar-refractivity contribution in [2.45, 2.75) is 0 Å². The summed E-state index contributed by atoms with van der Waals surface area (Å²) in [5.74, 6) is 1.63. The quantitative estimate of drug-likeness (QED) is 0.547. The van der Waals surface area contributed by atoms with Gasteiger partial charge in [-0.15, -0.1) is 0 Å². The van der Waals surface area contributed by atoms with Crippen molar-refractivity contribution in [1.82, 2.24) is 0 Å². The number of nitrogens with one attached hydrogen (secondary N) is 4. The molecule has 1 aliphatic heterocycles. The number of amidine groups is 1. The van der Waals surface area contributed by atoms with Crippen LogP contribution in [-0.2, 0) is 0 Å². The summed E-state index contributed by atoms with van der Waals surface area (Å²) in [6, 6.07) is 15.8. The maximum absolute atomic E-state index is 12.2. The lowest BCUT2D eigenvalue weighted by Gasteiger charge is -2.29. The van der Waals surface area contributed by atoms with Gasteiger partial charge >= 0.3 is 6.03 Å². The third kappa shape index (κ3) is 3.48. The second-order valence-electron chi connectivity index (χ2n) is 6.13. The van der Waals surface area contributed by atoms with Crippen molar-refractivity contribution < 1.29 is 13.9 Å². The van der Waals surface area contributed by atoms with Crippen LogP contribution in [0, 0.1) is 5.41 Å². The Bertz CT molecular complexity index is 1010. The second-order valence-corrected chi connectivity index (χ2v) is 6.13. The normalized spacial score (nSPS) is 12.8. The van der Waals surface area contributed by atoms with Gasteiger partial charge in [0.15, 0.2) is 0 Å². The van der Waals surface area contributed by atoms with E-state index in [1.165, 1.54) is 0 Å². The summed E-state index contributed by atoms with van der Waals surface area (Å²) in [6.07, 6.45) is 1.56. The largest absolute Gasteiger partial charge is 0.497 e. The molecule has 0 aliphatic carbocycles.